The van der Waals surface area contributed by atoms with Crippen LogP contribution in [0.2, 0.25) is 0 Å². The summed E-state index contributed by atoms with van der Waals surface area (Å²) in [6.45, 7) is 1.86. The minimum absolute atomic E-state index is 0.0667. The normalized spacial score (nSPS) is 12.0. The predicted octanol–water partition coefficient (Wildman–Crippen LogP) is 0.0912. The highest BCUT2D eigenvalue weighted by molar-refractivity contribution is 5.95. The Bertz CT molecular complexity index is 738. The highest BCUT2D eigenvalue weighted by Gasteiger charge is 2.22. The SMILES string of the molecule is Cc1cccn2cc(C(=O)NC(CCC(N)=O)C(=O)O)nc12. The third kappa shape index (κ3) is 3.40. The van der Waals surface area contributed by atoms with Crippen LogP contribution >= 0.6 is 0 Å². The summed E-state index contributed by atoms with van der Waals surface area (Å²) in [5.41, 5.74) is 6.62. The van der Waals surface area contributed by atoms with Gasteiger partial charge in [-0.15, -0.1) is 0 Å². The van der Waals surface area contributed by atoms with Crippen molar-refractivity contribution < 1.29 is 19.5 Å². The Balaban J connectivity index is 2.16. The van der Waals surface area contributed by atoms with E-state index in [9.17, 15) is 14.4 Å². The lowest BCUT2D eigenvalue weighted by molar-refractivity contribution is -0.139. The Hall–Kier alpha value is -2.90. The largest absolute Gasteiger partial charge is 0.480 e. The number of aromatic nitrogens is 2. The first-order valence-corrected chi connectivity index (χ1v) is 6.65. The standard InChI is InChI=1S/C14H16N4O4/c1-8-3-2-6-18-7-10(16-12(8)18)13(20)17-9(14(21)22)4-5-11(15)19/h2-3,6-7,9H,4-5H2,1H3,(H2,15,19)(H,17,20)(H,21,22). The molecule has 0 aliphatic carbocycles. The van der Waals surface area contributed by atoms with E-state index < -0.39 is 23.8 Å². The Labute approximate surface area is 125 Å². The van der Waals surface area contributed by atoms with Crippen molar-refractivity contribution in [1.29, 1.82) is 0 Å². The number of carboxylic acid groups (broad SMARTS) is 1. The molecule has 0 saturated heterocycles. The third-order valence-corrected chi connectivity index (χ3v) is 3.19. The number of nitrogens with zero attached hydrogens (tertiary/aromatic N) is 2. The number of carbonyl (C=O) groups excluding carboxylic acids is 2. The maximum atomic E-state index is 12.1. The molecule has 0 aliphatic heterocycles. The minimum atomic E-state index is -1.23. The number of nitrogens with two attached hydrogens (primary N) is 1. The molecule has 2 aromatic heterocycles. The highest BCUT2D eigenvalue weighted by Crippen LogP contribution is 2.10. The van der Waals surface area contributed by atoms with Gasteiger partial charge in [0.25, 0.3) is 5.91 Å². The average Bonchev–Trinajstić information content (AvgIpc) is 2.88. The molecule has 2 heterocycles. The fourth-order valence-corrected chi connectivity index (χ4v) is 2.04. The topological polar surface area (TPSA) is 127 Å². The minimum Gasteiger partial charge on any atom is -0.480 e. The number of rotatable bonds is 6. The Morgan fingerprint density at radius 3 is 2.77 bits per heavy atom. The van der Waals surface area contributed by atoms with E-state index in [-0.39, 0.29) is 18.5 Å². The molecule has 2 amide bonds. The van der Waals surface area contributed by atoms with Gasteiger partial charge in [-0.3, -0.25) is 9.59 Å². The second kappa shape index (κ2) is 6.25. The molecular formula is C14H16N4O4. The van der Waals surface area contributed by atoms with Crippen molar-refractivity contribution in [2.75, 3.05) is 0 Å². The van der Waals surface area contributed by atoms with Crippen LogP contribution in [0.25, 0.3) is 5.65 Å². The molecule has 2 rings (SSSR count). The van der Waals surface area contributed by atoms with Crippen LogP contribution in [-0.4, -0.2) is 38.3 Å². The van der Waals surface area contributed by atoms with Gasteiger partial charge in [-0.05, 0) is 25.0 Å². The zero-order valence-electron chi connectivity index (χ0n) is 11.9. The first kappa shape index (κ1) is 15.5. The fraction of sp³-hybridized carbons (Fsp3) is 0.286. The van der Waals surface area contributed by atoms with Gasteiger partial charge in [0.15, 0.2) is 0 Å². The molecule has 0 aromatic carbocycles. The number of amides is 2. The van der Waals surface area contributed by atoms with E-state index in [0.717, 1.165) is 5.56 Å². The lowest BCUT2D eigenvalue weighted by Crippen LogP contribution is -2.41. The molecule has 0 aliphatic rings. The van der Waals surface area contributed by atoms with Crippen molar-refractivity contribution in [2.24, 2.45) is 5.73 Å². The van der Waals surface area contributed by atoms with E-state index in [0.29, 0.717) is 5.65 Å². The Kier molecular flexibility index (Phi) is 4.40. The lowest BCUT2D eigenvalue weighted by Gasteiger charge is -2.12. The Morgan fingerprint density at radius 1 is 1.45 bits per heavy atom. The third-order valence-electron chi connectivity index (χ3n) is 3.19. The second-order valence-electron chi connectivity index (χ2n) is 4.92. The van der Waals surface area contributed by atoms with E-state index in [4.69, 9.17) is 10.8 Å². The molecule has 8 nitrogen and oxygen atoms in total. The molecule has 0 spiro atoms. The summed E-state index contributed by atoms with van der Waals surface area (Å²) in [6, 6.07) is 2.49. The predicted molar refractivity (Wildman–Crippen MR) is 77.2 cm³/mol. The number of carbonyl (C=O) groups is 3. The van der Waals surface area contributed by atoms with Gasteiger partial charge in [0.05, 0.1) is 0 Å². The number of aryl methyl sites for hydroxylation is 1. The summed E-state index contributed by atoms with van der Waals surface area (Å²) in [5, 5.41) is 11.4. The van der Waals surface area contributed by atoms with Crippen LogP contribution in [0.5, 0.6) is 0 Å². The van der Waals surface area contributed by atoms with Gasteiger partial charge < -0.3 is 20.6 Å². The van der Waals surface area contributed by atoms with Crippen molar-refractivity contribution in [3.8, 4) is 0 Å². The van der Waals surface area contributed by atoms with Crippen LogP contribution < -0.4 is 11.1 Å². The second-order valence-corrected chi connectivity index (χ2v) is 4.92. The van der Waals surface area contributed by atoms with E-state index in [1.54, 1.807) is 10.6 Å². The molecule has 0 fully saturated rings. The zero-order valence-corrected chi connectivity index (χ0v) is 11.9. The average molecular weight is 304 g/mol. The number of pyridine rings is 1. The van der Waals surface area contributed by atoms with E-state index in [1.165, 1.54) is 6.20 Å². The van der Waals surface area contributed by atoms with Crippen LogP contribution in [0.1, 0.15) is 28.9 Å². The molecule has 0 bridgehead atoms. The van der Waals surface area contributed by atoms with Crippen molar-refractivity contribution in [3.63, 3.8) is 0 Å². The van der Waals surface area contributed by atoms with Crippen LogP contribution in [0.4, 0.5) is 0 Å². The fourth-order valence-electron chi connectivity index (χ4n) is 2.04. The Morgan fingerprint density at radius 2 is 2.18 bits per heavy atom. The number of hydrogen-bond donors (Lipinski definition) is 3. The smallest absolute Gasteiger partial charge is 0.326 e. The maximum absolute atomic E-state index is 12.1. The zero-order chi connectivity index (χ0) is 16.3. The van der Waals surface area contributed by atoms with Crippen molar-refractivity contribution in [2.45, 2.75) is 25.8 Å². The van der Waals surface area contributed by atoms with Gasteiger partial charge >= 0.3 is 5.97 Å². The highest BCUT2D eigenvalue weighted by atomic mass is 16.4. The van der Waals surface area contributed by atoms with Gasteiger partial charge in [-0.1, -0.05) is 6.07 Å². The number of aliphatic carboxylic acids is 1. The number of fused-ring (bicyclic) bond motifs is 1. The molecule has 0 radical (unpaired) electrons. The molecule has 2 aromatic rings. The molecule has 1 unspecified atom stereocenters. The quantitative estimate of drug-likeness (QED) is 0.697. The van der Waals surface area contributed by atoms with Crippen LogP contribution in [-0.2, 0) is 9.59 Å². The van der Waals surface area contributed by atoms with Crippen LogP contribution in [0.15, 0.2) is 24.5 Å². The summed E-state index contributed by atoms with van der Waals surface area (Å²) in [6.07, 6.45) is 3.07. The number of primary amides is 1. The molecule has 22 heavy (non-hydrogen) atoms. The monoisotopic (exact) mass is 304 g/mol. The lowest BCUT2D eigenvalue weighted by atomic mass is 10.1. The number of hydrogen-bond acceptors (Lipinski definition) is 4. The van der Waals surface area contributed by atoms with Crippen molar-refractivity contribution in [1.82, 2.24) is 14.7 Å². The summed E-state index contributed by atoms with van der Waals surface area (Å²) >= 11 is 0. The van der Waals surface area contributed by atoms with E-state index in [1.807, 2.05) is 19.1 Å². The number of nitrogens with one attached hydrogen (secondary N) is 1. The molecular weight excluding hydrogens is 288 g/mol. The molecule has 116 valence electrons. The first-order chi connectivity index (χ1) is 10.4. The maximum Gasteiger partial charge on any atom is 0.326 e. The van der Waals surface area contributed by atoms with Gasteiger partial charge in [0, 0.05) is 18.8 Å². The summed E-state index contributed by atoms with van der Waals surface area (Å²) in [7, 11) is 0. The van der Waals surface area contributed by atoms with Gasteiger partial charge in [0.2, 0.25) is 5.91 Å². The van der Waals surface area contributed by atoms with Crippen LogP contribution in [0, 0.1) is 6.92 Å². The summed E-state index contributed by atoms with van der Waals surface area (Å²) in [4.78, 5) is 38.2. The van der Waals surface area contributed by atoms with Crippen molar-refractivity contribution in [3.05, 3.63) is 35.8 Å². The van der Waals surface area contributed by atoms with Crippen molar-refractivity contribution >= 4 is 23.4 Å². The molecule has 0 saturated carbocycles. The van der Waals surface area contributed by atoms with Gasteiger partial charge in [-0.25, -0.2) is 9.78 Å². The van der Waals surface area contributed by atoms with E-state index in [2.05, 4.69) is 10.3 Å². The number of carboxylic acids is 1. The van der Waals surface area contributed by atoms with Crippen LogP contribution in [0.3, 0.4) is 0 Å². The van der Waals surface area contributed by atoms with Gasteiger partial charge in [0.1, 0.15) is 17.4 Å². The van der Waals surface area contributed by atoms with E-state index >= 15 is 0 Å². The molecule has 4 N–H and O–H groups in total. The van der Waals surface area contributed by atoms with Gasteiger partial charge in [-0.2, -0.15) is 0 Å². The number of imidazole rings is 1. The molecule has 8 heteroatoms. The summed E-state index contributed by atoms with van der Waals surface area (Å²) < 4.78 is 1.68. The molecule has 1 atom stereocenters. The first-order valence-electron chi connectivity index (χ1n) is 6.65. The summed E-state index contributed by atoms with van der Waals surface area (Å²) in [5.74, 6) is -2.46.